The maximum absolute atomic E-state index is 8.81. The molecule has 0 aromatic rings. The number of aldehydes is 2. The lowest BCUT2D eigenvalue weighted by Crippen LogP contribution is -1.89. The van der Waals surface area contributed by atoms with Crippen molar-refractivity contribution in [2.45, 2.75) is 0 Å². The standard InChI is InChI=1S/C2H2O2.2H2O4S/c3-1-2-4;2*1-5(2,3)4/h1-2H;2*(H2,1,2,3,4). The Morgan fingerprint density at radius 1 is 0.643 bits per heavy atom. The maximum Gasteiger partial charge on any atom is 0.394 e. The van der Waals surface area contributed by atoms with Crippen LogP contribution in [-0.2, 0) is 30.4 Å². The van der Waals surface area contributed by atoms with E-state index in [1.165, 1.54) is 0 Å². The highest BCUT2D eigenvalue weighted by Crippen LogP contribution is 1.59. The van der Waals surface area contributed by atoms with Crippen LogP contribution >= 0.6 is 0 Å². The van der Waals surface area contributed by atoms with E-state index in [4.69, 9.17) is 44.6 Å². The Labute approximate surface area is 78.7 Å². The molecule has 0 heterocycles. The maximum atomic E-state index is 8.81. The van der Waals surface area contributed by atoms with Crippen molar-refractivity contribution in [2.75, 3.05) is 0 Å². The van der Waals surface area contributed by atoms with E-state index in [0.29, 0.717) is 0 Å². The van der Waals surface area contributed by atoms with E-state index in [2.05, 4.69) is 0 Å². The van der Waals surface area contributed by atoms with Crippen LogP contribution in [0, 0.1) is 0 Å². The Kier molecular flexibility index (Phi) is 11.6. The summed E-state index contributed by atoms with van der Waals surface area (Å²) in [5, 5.41) is 0. The van der Waals surface area contributed by atoms with Crippen LogP contribution in [0.4, 0.5) is 0 Å². The van der Waals surface area contributed by atoms with Crippen LogP contribution in [0.5, 0.6) is 0 Å². The molecule has 0 saturated heterocycles. The normalized spacial score (nSPS) is 9.71. The summed E-state index contributed by atoms with van der Waals surface area (Å²) in [5.41, 5.74) is 0. The van der Waals surface area contributed by atoms with Crippen LogP contribution < -0.4 is 0 Å². The largest absolute Gasteiger partial charge is 0.394 e. The monoisotopic (exact) mass is 254 g/mol. The van der Waals surface area contributed by atoms with Crippen LogP contribution in [-0.4, -0.2) is 47.6 Å². The molecule has 4 N–H and O–H groups in total. The molecule has 0 spiro atoms. The van der Waals surface area contributed by atoms with Crippen molar-refractivity contribution < 1.29 is 44.6 Å². The average Bonchev–Trinajstić information content (AvgIpc) is 1.79. The van der Waals surface area contributed by atoms with E-state index in [9.17, 15) is 0 Å². The quantitative estimate of drug-likeness (QED) is 0.233. The Balaban J connectivity index is -0.000000131. The van der Waals surface area contributed by atoms with Crippen molar-refractivity contribution in [3.05, 3.63) is 0 Å². The molecule has 0 radical (unpaired) electrons. The molecule has 0 unspecified atom stereocenters. The summed E-state index contributed by atoms with van der Waals surface area (Å²) in [5.74, 6) is 0. The number of carbonyl (C=O) groups excluding carboxylic acids is 2. The smallest absolute Gasteiger partial charge is 0.295 e. The molecule has 0 saturated carbocycles. The predicted octanol–water partition coefficient (Wildman–Crippen LogP) is -1.92. The highest BCUT2D eigenvalue weighted by molar-refractivity contribution is 7.80. The lowest BCUT2D eigenvalue weighted by molar-refractivity contribution is -0.122. The first-order valence-electron chi connectivity index (χ1n) is 2.20. The molecule has 86 valence electrons. The third-order valence-electron chi connectivity index (χ3n) is 0.0556. The molecule has 14 heavy (non-hydrogen) atoms. The van der Waals surface area contributed by atoms with E-state index in [-0.39, 0.29) is 12.6 Å². The first-order chi connectivity index (χ1) is 5.91. The molecular weight excluding hydrogens is 248 g/mol. The highest BCUT2D eigenvalue weighted by atomic mass is 32.3. The average molecular weight is 254 g/mol. The lowest BCUT2D eigenvalue weighted by Gasteiger charge is -1.68. The van der Waals surface area contributed by atoms with Crippen molar-refractivity contribution in [2.24, 2.45) is 0 Å². The minimum Gasteiger partial charge on any atom is -0.295 e. The van der Waals surface area contributed by atoms with Crippen molar-refractivity contribution in [1.82, 2.24) is 0 Å². The summed E-state index contributed by atoms with van der Waals surface area (Å²) in [6.07, 6.45) is 0.389. The number of hydrogen-bond acceptors (Lipinski definition) is 6. The zero-order valence-corrected chi connectivity index (χ0v) is 7.84. The van der Waals surface area contributed by atoms with Crippen LogP contribution in [0.2, 0.25) is 0 Å². The highest BCUT2D eigenvalue weighted by Gasteiger charge is 1.85. The molecule has 0 aromatic carbocycles. The molecule has 0 atom stereocenters. The second-order valence-electron chi connectivity index (χ2n) is 1.17. The van der Waals surface area contributed by atoms with Gasteiger partial charge >= 0.3 is 20.8 Å². The molecule has 0 fully saturated rings. The molecule has 10 nitrogen and oxygen atoms in total. The van der Waals surface area contributed by atoms with E-state index in [0.717, 1.165) is 0 Å². The Morgan fingerprint density at radius 3 is 0.714 bits per heavy atom. The van der Waals surface area contributed by atoms with E-state index in [1.54, 1.807) is 0 Å². The zero-order chi connectivity index (χ0) is 12.4. The fourth-order valence-corrected chi connectivity index (χ4v) is 0. The number of rotatable bonds is 1. The van der Waals surface area contributed by atoms with E-state index in [1.807, 2.05) is 0 Å². The Bertz CT molecular complexity index is 280. The van der Waals surface area contributed by atoms with Crippen molar-refractivity contribution in [3.63, 3.8) is 0 Å². The van der Waals surface area contributed by atoms with Gasteiger partial charge in [0.25, 0.3) is 0 Å². The number of hydrogen-bond donors (Lipinski definition) is 4. The molecular formula is C2H6O10S2. The SMILES string of the molecule is O=CC=O.O=S(=O)(O)O.O=S(=O)(O)O. The first-order valence-corrected chi connectivity index (χ1v) is 5.00. The molecule has 0 aromatic heterocycles. The van der Waals surface area contributed by atoms with Gasteiger partial charge in [-0.2, -0.15) is 16.8 Å². The summed E-state index contributed by atoms with van der Waals surface area (Å²) in [7, 11) is -9.33. The van der Waals surface area contributed by atoms with Gasteiger partial charge in [-0.15, -0.1) is 0 Å². The Morgan fingerprint density at radius 2 is 0.714 bits per heavy atom. The summed E-state index contributed by atoms with van der Waals surface area (Å²) >= 11 is 0. The van der Waals surface area contributed by atoms with Gasteiger partial charge in [-0.1, -0.05) is 0 Å². The second-order valence-corrected chi connectivity index (χ2v) is 2.96. The molecule has 0 bridgehead atoms. The fraction of sp³-hybridized carbons (Fsp3) is 0. The summed E-state index contributed by atoms with van der Waals surface area (Å²) in [6, 6.07) is 0. The Hall–Kier alpha value is -0.920. The first kappa shape index (κ1) is 18.8. The van der Waals surface area contributed by atoms with Gasteiger partial charge in [-0.3, -0.25) is 27.8 Å². The van der Waals surface area contributed by atoms with Gasteiger partial charge in [-0.25, -0.2) is 0 Å². The lowest BCUT2D eigenvalue weighted by atomic mass is 10.9. The molecule has 0 aliphatic rings. The van der Waals surface area contributed by atoms with E-state index < -0.39 is 20.8 Å². The molecule has 0 amide bonds. The van der Waals surface area contributed by atoms with Gasteiger partial charge in [0, 0.05) is 0 Å². The van der Waals surface area contributed by atoms with Crippen molar-refractivity contribution in [1.29, 1.82) is 0 Å². The fourth-order valence-electron chi connectivity index (χ4n) is 0. The topological polar surface area (TPSA) is 183 Å². The van der Waals surface area contributed by atoms with E-state index >= 15 is 0 Å². The van der Waals surface area contributed by atoms with Crippen LogP contribution in [0.25, 0.3) is 0 Å². The predicted molar refractivity (Wildman–Crippen MR) is 40.5 cm³/mol. The minimum atomic E-state index is -4.67. The summed E-state index contributed by atoms with van der Waals surface area (Å²) in [6.45, 7) is 0. The summed E-state index contributed by atoms with van der Waals surface area (Å²) in [4.78, 5) is 17.6. The van der Waals surface area contributed by atoms with Gasteiger partial charge in [0.05, 0.1) is 0 Å². The molecule has 0 aliphatic heterocycles. The minimum absolute atomic E-state index is 0.194. The third kappa shape index (κ3) is 176000. The van der Waals surface area contributed by atoms with Crippen LogP contribution in [0.1, 0.15) is 0 Å². The van der Waals surface area contributed by atoms with Gasteiger partial charge in [0.15, 0.2) is 12.6 Å². The van der Waals surface area contributed by atoms with Gasteiger partial charge in [-0.05, 0) is 0 Å². The molecule has 12 heteroatoms. The van der Waals surface area contributed by atoms with Gasteiger partial charge < -0.3 is 0 Å². The molecule has 0 rings (SSSR count). The molecule has 0 aliphatic carbocycles. The van der Waals surface area contributed by atoms with Gasteiger partial charge in [0.1, 0.15) is 0 Å². The zero-order valence-electron chi connectivity index (χ0n) is 6.21. The van der Waals surface area contributed by atoms with Crippen LogP contribution in [0.3, 0.4) is 0 Å². The second kappa shape index (κ2) is 8.67. The van der Waals surface area contributed by atoms with Crippen molar-refractivity contribution in [3.8, 4) is 0 Å². The number of carbonyl (C=O) groups is 2. The van der Waals surface area contributed by atoms with Gasteiger partial charge in [0.2, 0.25) is 0 Å². The van der Waals surface area contributed by atoms with Crippen molar-refractivity contribution >= 4 is 33.4 Å². The third-order valence-corrected chi connectivity index (χ3v) is 0.0556. The summed E-state index contributed by atoms with van der Waals surface area (Å²) < 4.78 is 63.2. The van der Waals surface area contributed by atoms with Crippen LogP contribution in [0.15, 0.2) is 0 Å².